The first-order valence-electron chi connectivity index (χ1n) is 11.1. The third-order valence-corrected chi connectivity index (χ3v) is 5.19. The minimum Gasteiger partial charge on any atom is -0.423 e. The molecule has 0 fully saturated rings. The average molecular weight is 465 g/mol. The number of nitrogens with one attached hydrogen (secondary N) is 2. The Hall–Kier alpha value is -4.61. The molecule has 8 nitrogen and oxygen atoms in total. The van der Waals surface area contributed by atoms with Crippen LogP contribution in [-0.2, 0) is 11.2 Å². The third-order valence-electron chi connectivity index (χ3n) is 5.19. The Morgan fingerprint density at radius 1 is 0.971 bits per heavy atom. The van der Waals surface area contributed by atoms with Crippen LogP contribution in [-0.4, -0.2) is 27.4 Å². The topological polar surface area (TPSA) is 113 Å². The van der Waals surface area contributed by atoms with Gasteiger partial charge in [0, 0.05) is 18.9 Å². The summed E-state index contributed by atoms with van der Waals surface area (Å²) < 4.78 is 5.59. The van der Waals surface area contributed by atoms with Gasteiger partial charge in [0.1, 0.15) is 17.6 Å². The molecule has 2 N–H and O–H groups in total. The van der Waals surface area contributed by atoms with Gasteiger partial charge in [-0.3, -0.25) is 4.79 Å². The van der Waals surface area contributed by atoms with Gasteiger partial charge in [-0.15, -0.1) is 0 Å². The Balaban J connectivity index is 1.39. The highest BCUT2D eigenvalue weighted by Gasteiger charge is 2.20. The summed E-state index contributed by atoms with van der Waals surface area (Å²) in [6.07, 6.45) is 5.56. The molecule has 2 aromatic heterocycles. The molecular formula is C27H24N6O2. The first-order chi connectivity index (χ1) is 17.1. The van der Waals surface area contributed by atoms with Gasteiger partial charge >= 0.3 is 6.01 Å². The number of hydrogen-bond acceptors (Lipinski definition) is 7. The fourth-order valence-electron chi connectivity index (χ4n) is 3.37. The number of carbonyl (C=O) groups is 1. The standard InChI is InChI=1S/C27H24N6O2/c1-19-16-31-27(32-17-19)35-23-11-12-24(30-18-23)33-26(34)25(22-5-3-2-4-6-22)29-14-13-20-7-9-21(15-28)10-8-20/h2-12,16-18,25,29H,13-14H2,1H3,(H,30,33,34)/t25-/m1/s1. The number of hydrogen-bond donors (Lipinski definition) is 2. The zero-order valence-corrected chi connectivity index (χ0v) is 19.2. The third kappa shape index (κ3) is 6.69. The maximum atomic E-state index is 13.1. The molecular weight excluding hydrogens is 440 g/mol. The highest BCUT2D eigenvalue weighted by molar-refractivity contribution is 5.94. The fourth-order valence-corrected chi connectivity index (χ4v) is 3.37. The predicted molar refractivity (Wildman–Crippen MR) is 132 cm³/mol. The summed E-state index contributed by atoms with van der Waals surface area (Å²) in [6.45, 7) is 2.48. The molecule has 4 rings (SSSR count). The number of benzene rings is 2. The second-order valence-corrected chi connectivity index (χ2v) is 7.87. The molecule has 0 aliphatic heterocycles. The summed E-state index contributed by atoms with van der Waals surface area (Å²) >= 11 is 0. The van der Waals surface area contributed by atoms with Crippen molar-refractivity contribution in [1.82, 2.24) is 20.3 Å². The number of ether oxygens (including phenoxy) is 1. The molecule has 0 unspecified atom stereocenters. The van der Waals surface area contributed by atoms with Crippen LogP contribution >= 0.6 is 0 Å². The molecule has 0 aliphatic carbocycles. The van der Waals surface area contributed by atoms with Gasteiger partial charge in [0.2, 0.25) is 5.91 Å². The van der Waals surface area contributed by atoms with Crippen molar-refractivity contribution in [2.24, 2.45) is 0 Å². The van der Waals surface area contributed by atoms with Crippen LogP contribution in [0, 0.1) is 18.3 Å². The normalized spacial score (nSPS) is 11.3. The van der Waals surface area contributed by atoms with Crippen LogP contribution in [0.25, 0.3) is 0 Å². The lowest BCUT2D eigenvalue weighted by atomic mass is 10.1. The Morgan fingerprint density at radius 2 is 1.71 bits per heavy atom. The van der Waals surface area contributed by atoms with E-state index in [1.54, 1.807) is 36.7 Å². The van der Waals surface area contributed by atoms with Gasteiger partial charge < -0.3 is 15.4 Å². The van der Waals surface area contributed by atoms with E-state index in [-0.39, 0.29) is 11.9 Å². The zero-order chi connectivity index (χ0) is 24.5. The van der Waals surface area contributed by atoms with Gasteiger partial charge in [-0.05, 0) is 54.3 Å². The summed E-state index contributed by atoms with van der Waals surface area (Å²) in [5.74, 6) is 0.646. The van der Waals surface area contributed by atoms with Crippen molar-refractivity contribution < 1.29 is 9.53 Å². The molecule has 0 spiro atoms. The average Bonchev–Trinajstić information content (AvgIpc) is 2.90. The Bertz CT molecular complexity index is 1290. The second-order valence-electron chi connectivity index (χ2n) is 7.87. The van der Waals surface area contributed by atoms with Gasteiger partial charge in [0.25, 0.3) is 0 Å². The van der Waals surface area contributed by atoms with Crippen molar-refractivity contribution in [3.8, 4) is 17.8 Å². The van der Waals surface area contributed by atoms with Gasteiger partial charge in [-0.25, -0.2) is 15.0 Å². The zero-order valence-electron chi connectivity index (χ0n) is 19.2. The van der Waals surface area contributed by atoms with E-state index in [9.17, 15) is 4.79 Å². The number of rotatable bonds is 9. The summed E-state index contributed by atoms with van der Waals surface area (Å²) in [5, 5.41) is 15.2. The molecule has 0 saturated carbocycles. The predicted octanol–water partition coefficient (Wildman–Crippen LogP) is 4.36. The molecule has 4 aromatic rings. The SMILES string of the molecule is Cc1cnc(Oc2ccc(NC(=O)[C@H](NCCc3ccc(C#N)cc3)c3ccccc3)nc2)nc1. The molecule has 2 heterocycles. The summed E-state index contributed by atoms with van der Waals surface area (Å²) in [6, 6.07) is 22.1. The van der Waals surface area contributed by atoms with Crippen LogP contribution in [0.2, 0.25) is 0 Å². The largest absolute Gasteiger partial charge is 0.423 e. The van der Waals surface area contributed by atoms with E-state index >= 15 is 0 Å². The lowest BCUT2D eigenvalue weighted by Crippen LogP contribution is -2.34. The van der Waals surface area contributed by atoms with E-state index in [2.05, 4.69) is 31.7 Å². The first-order valence-corrected chi connectivity index (χ1v) is 11.1. The quantitative estimate of drug-likeness (QED) is 0.378. The van der Waals surface area contributed by atoms with Crippen LogP contribution in [0.1, 0.15) is 28.3 Å². The van der Waals surface area contributed by atoms with E-state index in [4.69, 9.17) is 10.00 Å². The van der Waals surface area contributed by atoms with Crippen molar-refractivity contribution in [3.05, 3.63) is 108 Å². The van der Waals surface area contributed by atoms with Crippen molar-refractivity contribution in [2.75, 3.05) is 11.9 Å². The van der Waals surface area contributed by atoms with E-state index in [0.717, 1.165) is 16.7 Å². The number of anilines is 1. The first kappa shape index (κ1) is 23.5. The molecule has 35 heavy (non-hydrogen) atoms. The van der Waals surface area contributed by atoms with Gasteiger partial charge in [-0.2, -0.15) is 5.26 Å². The molecule has 2 aromatic carbocycles. The Morgan fingerprint density at radius 3 is 2.37 bits per heavy atom. The van der Waals surface area contributed by atoms with E-state index < -0.39 is 6.04 Å². The number of amides is 1. The lowest BCUT2D eigenvalue weighted by molar-refractivity contribution is -0.118. The monoisotopic (exact) mass is 464 g/mol. The van der Waals surface area contributed by atoms with Gasteiger partial charge in [0.05, 0.1) is 17.8 Å². The lowest BCUT2D eigenvalue weighted by Gasteiger charge is -2.19. The maximum absolute atomic E-state index is 13.1. The molecule has 1 atom stereocenters. The molecule has 0 radical (unpaired) electrons. The Kier molecular flexibility index (Phi) is 7.73. The van der Waals surface area contributed by atoms with Crippen molar-refractivity contribution >= 4 is 11.7 Å². The molecule has 0 aliphatic rings. The van der Waals surface area contributed by atoms with Crippen LogP contribution in [0.4, 0.5) is 5.82 Å². The minimum atomic E-state index is -0.562. The van der Waals surface area contributed by atoms with Crippen molar-refractivity contribution in [3.63, 3.8) is 0 Å². The molecule has 174 valence electrons. The van der Waals surface area contributed by atoms with E-state index in [0.29, 0.717) is 30.1 Å². The highest BCUT2D eigenvalue weighted by atomic mass is 16.5. The summed E-state index contributed by atoms with van der Waals surface area (Å²) in [4.78, 5) is 25.6. The van der Waals surface area contributed by atoms with Crippen LogP contribution in [0.5, 0.6) is 11.8 Å². The van der Waals surface area contributed by atoms with E-state index in [1.165, 1.54) is 6.20 Å². The molecule has 0 bridgehead atoms. The number of nitrogens with zero attached hydrogens (tertiary/aromatic N) is 4. The number of nitriles is 1. The van der Waals surface area contributed by atoms with Crippen LogP contribution < -0.4 is 15.4 Å². The fraction of sp³-hybridized carbons (Fsp3) is 0.148. The number of aryl methyl sites for hydroxylation is 1. The molecule has 0 saturated heterocycles. The summed E-state index contributed by atoms with van der Waals surface area (Å²) in [7, 11) is 0. The minimum absolute atomic E-state index is 0.223. The molecule has 8 heteroatoms. The highest BCUT2D eigenvalue weighted by Crippen LogP contribution is 2.20. The van der Waals surface area contributed by atoms with Crippen molar-refractivity contribution in [1.29, 1.82) is 5.26 Å². The van der Waals surface area contributed by atoms with Crippen molar-refractivity contribution in [2.45, 2.75) is 19.4 Å². The molecule has 1 amide bonds. The van der Waals surface area contributed by atoms with Crippen LogP contribution in [0.3, 0.4) is 0 Å². The summed E-state index contributed by atoms with van der Waals surface area (Å²) in [5.41, 5.74) is 3.49. The number of pyridine rings is 1. The van der Waals surface area contributed by atoms with E-state index in [1.807, 2.05) is 49.4 Å². The number of carbonyl (C=O) groups excluding carboxylic acids is 1. The Labute approximate surface area is 203 Å². The smallest absolute Gasteiger partial charge is 0.321 e. The van der Waals surface area contributed by atoms with Gasteiger partial charge in [-0.1, -0.05) is 42.5 Å². The number of aromatic nitrogens is 3. The van der Waals surface area contributed by atoms with Gasteiger partial charge in [0.15, 0.2) is 0 Å². The van der Waals surface area contributed by atoms with Crippen LogP contribution in [0.15, 0.2) is 85.3 Å². The maximum Gasteiger partial charge on any atom is 0.321 e. The second kappa shape index (κ2) is 11.5.